The van der Waals surface area contributed by atoms with Crippen molar-refractivity contribution in [1.82, 2.24) is 0 Å². The highest BCUT2D eigenvalue weighted by Crippen LogP contribution is 2.14. The third kappa shape index (κ3) is 18.1. The van der Waals surface area contributed by atoms with Gasteiger partial charge in [0, 0.05) is 31.7 Å². The summed E-state index contributed by atoms with van der Waals surface area (Å²) in [7, 11) is 0. The fourth-order valence-electron chi connectivity index (χ4n) is 1.68. The second-order valence-electron chi connectivity index (χ2n) is 5.36. The Morgan fingerprint density at radius 1 is 0.852 bits per heavy atom. The van der Waals surface area contributed by atoms with Crippen LogP contribution in [0.25, 0.3) is 0 Å². The lowest BCUT2D eigenvalue weighted by atomic mass is 9.89. The van der Waals surface area contributed by atoms with Crippen molar-refractivity contribution >= 4 is 37.2 Å². The molecular weight excluding hydrogens is 421 g/mol. The molecule has 0 aromatic carbocycles. The second kappa shape index (κ2) is 24.3. The Balaban J connectivity index is -0.000000882. The summed E-state index contributed by atoms with van der Waals surface area (Å²) < 4.78 is 27.3. The molecule has 6 N–H and O–H groups in total. The molecule has 0 spiro atoms. The summed E-state index contributed by atoms with van der Waals surface area (Å²) in [6, 6.07) is 0. The van der Waals surface area contributed by atoms with Crippen molar-refractivity contribution in [2.24, 2.45) is 22.6 Å². The van der Waals surface area contributed by atoms with Crippen LogP contribution in [-0.2, 0) is 23.7 Å². The third-order valence-electron chi connectivity index (χ3n) is 3.48. The topological polar surface area (TPSA) is 124 Å². The molecular formula is C16H38Cl3N3O5. The molecule has 0 aliphatic rings. The molecule has 11 heteroatoms. The van der Waals surface area contributed by atoms with Gasteiger partial charge in [0.2, 0.25) is 0 Å². The van der Waals surface area contributed by atoms with Crippen molar-refractivity contribution in [2.75, 3.05) is 72.5 Å². The standard InChI is InChI=1S/C16H35N3O5.3ClH/c1-3-5-23-15(24-14-16(11-17,12-18)13-19)10-22-9-8-21-7-6-20-4-2;;;/h3,15H,1,4-14,17-19H2,2H3;3*1H. The van der Waals surface area contributed by atoms with Gasteiger partial charge < -0.3 is 40.9 Å². The van der Waals surface area contributed by atoms with Crippen molar-refractivity contribution in [3.8, 4) is 0 Å². The summed E-state index contributed by atoms with van der Waals surface area (Å²) in [5.41, 5.74) is 16.8. The highest BCUT2D eigenvalue weighted by molar-refractivity contribution is 5.86. The van der Waals surface area contributed by atoms with Gasteiger partial charge in [-0.1, -0.05) is 6.08 Å². The molecule has 27 heavy (non-hydrogen) atoms. The van der Waals surface area contributed by atoms with E-state index in [1.165, 1.54) is 0 Å². The average Bonchev–Trinajstić information content (AvgIpc) is 2.62. The number of rotatable bonds is 18. The zero-order valence-corrected chi connectivity index (χ0v) is 18.6. The molecule has 0 fully saturated rings. The first kappa shape index (κ1) is 34.8. The predicted molar refractivity (Wildman–Crippen MR) is 115 cm³/mol. The fraction of sp³-hybridized carbons (Fsp3) is 0.875. The Kier molecular flexibility index (Phi) is 31.3. The summed E-state index contributed by atoms with van der Waals surface area (Å²) >= 11 is 0. The van der Waals surface area contributed by atoms with Crippen LogP contribution in [-0.4, -0.2) is 78.8 Å². The fourth-order valence-corrected chi connectivity index (χ4v) is 1.68. The van der Waals surface area contributed by atoms with Crippen molar-refractivity contribution in [3.05, 3.63) is 12.7 Å². The number of ether oxygens (including phenoxy) is 5. The van der Waals surface area contributed by atoms with Gasteiger partial charge in [-0.2, -0.15) is 0 Å². The lowest BCUT2D eigenvalue weighted by Crippen LogP contribution is -2.48. The normalized spacial score (nSPS) is 11.7. The van der Waals surface area contributed by atoms with E-state index in [9.17, 15) is 0 Å². The molecule has 0 bridgehead atoms. The molecule has 8 nitrogen and oxygen atoms in total. The van der Waals surface area contributed by atoms with Crippen LogP contribution in [0, 0.1) is 5.41 Å². The first-order valence-corrected chi connectivity index (χ1v) is 8.35. The minimum absolute atomic E-state index is 0. The maximum absolute atomic E-state index is 5.75. The van der Waals surface area contributed by atoms with E-state index in [0.29, 0.717) is 65.9 Å². The monoisotopic (exact) mass is 457 g/mol. The molecule has 0 aromatic rings. The molecule has 1 unspecified atom stereocenters. The van der Waals surface area contributed by atoms with Crippen molar-refractivity contribution < 1.29 is 23.7 Å². The van der Waals surface area contributed by atoms with E-state index in [2.05, 4.69) is 6.58 Å². The van der Waals surface area contributed by atoms with E-state index >= 15 is 0 Å². The molecule has 0 saturated carbocycles. The Morgan fingerprint density at radius 3 is 1.85 bits per heavy atom. The SMILES string of the molecule is C=CCOC(COCCOCCOCC)OCC(CN)(CN)CN.Cl.Cl.Cl. The van der Waals surface area contributed by atoms with Gasteiger partial charge in [-0.15, -0.1) is 43.8 Å². The molecule has 0 radical (unpaired) electrons. The molecule has 0 amide bonds. The van der Waals surface area contributed by atoms with Gasteiger partial charge in [0.1, 0.15) is 0 Å². The van der Waals surface area contributed by atoms with Gasteiger partial charge in [0.05, 0.1) is 46.2 Å². The molecule has 0 saturated heterocycles. The van der Waals surface area contributed by atoms with Gasteiger partial charge in [0.15, 0.2) is 6.29 Å². The van der Waals surface area contributed by atoms with E-state index < -0.39 is 11.7 Å². The van der Waals surface area contributed by atoms with Crippen LogP contribution < -0.4 is 17.2 Å². The smallest absolute Gasteiger partial charge is 0.181 e. The summed E-state index contributed by atoms with van der Waals surface area (Å²) in [4.78, 5) is 0. The lowest BCUT2D eigenvalue weighted by Gasteiger charge is -2.31. The Hall–Kier alpha value is 0.290. The van der Waals surface area contributed by atoms with Crippen LogP contribution in [0.15, 0.2) is 12.7 Å². The Bertz CT molecular complexity index is 296. The van der Waals surface area contributed by atoms with Gasteiger partial charge in [-0.05, 0) is 6.92 Å². The number of nitrogens with two attached hydrogens (primary N) is 3. The minimum atomic E-state index is -0.532. The summed E-state index contributed by atoms with van der Waals surface area (Å²) in [5, 5.41) is 0. The van der Waals surface area contributed by atoms with Crippen molar-refractivity contribution in [2.45, 2.75) is 13.2 Å². The van der Waals surface area contributed by atoms with Gasteiger partial charge in [-0.3, -0.25) is 0 Å². The van der Waals surface area contributed by atoms with Crippen LogP contribution in [0.3, 0.4) is 0 Å². The van der Waals surface area contributed by atoms with Crippen LogP contribution in [0.4, 0.5) is 0 Å². The highest BCUT2D eigenvalue weighted by atomic mass is 35.5. The highest BCUT2D eigenvalue weighted by Gasteiger charge is 2.27. The van der Waals surface area contributed by atoms with Gasteiger partial charge in [-0.25, -0.2) is 0 Å². The van der Waals surface area contributed by atoms with Crippen molar-refractivity contribution in [1.29, 1.82) is 0 Å². The maximum atomic E-state index is 5.75. The Labute approximate surface area is 182 Å². The minimum Gasteiger partial charge on any atom is -0.379 e. The van der Waals surface area contributed by atoms with Gasteiger partial charge >= 0.3 is 0 Å². The van der Waals surface area contributed by atoms with E-state index in [1.54, 1.807) is 6.08 Å². The van der Waals surface area contributed by atoms with E-state index in [-0.39, 0.29) is 43.8 Å². The maximum Gasteiger partial charge on any atom is 0.181 e. The van der Waals surface area contributed by atoms with Crippen LogP contribution in [0.5, 0.6) is 0 Å². The molecule has 0 aromatic heterocycles. The van der Waals surface area contributed by atoms with E-state index in [0.717, 1.165) is 0 Å². The zero-order valence-electron chi connectivity index (χ0n) is 16.1. The molecule has 168 valence electrons. The zero-order chi connectivity index (χ0) is 18.1. The average molecular weight is 459 g/mol. The molecule has 0 aliphatic carbocycles. The molecule has 0 heterocycles. The van der Waals surface area contributed by atoms with Crippen LogP contribution >= 0.6 is 37.2 Å². The van der Waals surface area contributed by atoms with Gasteiger partial charge in [0.25, 0.3) is 0 Å². The number of hydrogen-bond donors (Lipinski definition) is 3. The Morgan fingerprint density at radius 2 is 1.37 bits per heavy atom. The third-order valence-corrected chi connectivity index (χ3v) is 3.48. The van der Waals surface area contributed by atoms with Crippen LogP contribution in [0.2, 0.25) is 0 Å². The first-order valence-electron chi connectivity index (χ1n) is 8.35. The summed E-state index contributed by atoms with van der Waals surface area (Å²) in [6.45, 7) is 10.3. The molecule has 0 rings (SSSR count). The number of hydrogen-bond acceptors (Lipinski definition) is 8. The van der Waals surface area contributed by atoms with Crippen molar-refractivity contribution in [3.63, 3.8) is 0 Å². The van der Waals surface area contributed by atoms with Crippen LogP contribution in [0.1, 0.15) is 6.92 Å². The predicted octanol–water partition coefficient (Wildman–Crippen LogP) is 0.729. The van der Waals surface area contributed by atoms with E-state index in [4.69, 9.17) is 40.9 Å². The summed E-state index contributed by atoms with van der Waals surface area (Å²) in [5.74, 6) is 0. The molecule has 1 atom stereocenters. The molecule has 0 aliphatic heterocycles. The first-order chi connectivity index (χ1) is 11.7. The number of halogens is 3. The largest absolute Gasteiger partial charge is 0.379 e. The second-order valence-corrected chi connectivity index (χ2v) is 5.36. The lowest BCUT2D eigenvalue weighted by molar-refractivity contribution is -0.181. The van der Waals surface area contributed by atoms with E-state index in [1.807, 2.05) is 6.92 Å². The quantitative estimate of drug-likeness (QED) is 0.156. The summed E-state index contributed by atoms with van der Waals surface area (Å²) in [6.07, 6.45) is 1.12.